The second-order valence-corrected chi connectivity index (χ2v) is 9.42. The van der Waals surface area contributed by atoms with Crippen LogP contribution < -0.4 is 14.4 Å². The van der Waals surface area contributed by atoms with E-state index >= 15 is 0 Å². The molecular weight excluding hydrogens is 443 g/mol. The molecule has 3 aromatic carbocycles. The number of benzene rings is 3. The minimum Gasteiger partial charge on any atom is -0.496 e. The Balaban J connectivity index is 1.87. The van der Waals surface area contributed by atoms with Gasteiger partial charge in [-0.15, -0.1) is 0 Å². The number of ether oxygens (including phenoxy) is 1. The van der Waals surface area contributed by atoms with Crippen LogP contribution in [0.3, 0.4) is 0 Å². The van der Waals surface area contributed by atoms with Crippen LogP contribution in [0.1, 0.15) is 30.5 Å². The van der Waals surface area contributed by atoms with Crippen molar-refractivity contribution in [1.29, 1.82) is 0 Å². The summed E-state index contributed by atoms with van der Waals surface area (Å²) >= 11 is 0. The number of sulfonamides is 1. The largest absolute Gasteiger partial charge is 0.496 e. The molecular formula is C25H27FN2O4S. The SMILES string of the molecule is CC[C@@H](NC(=O)CN(c1ccccc1)S(=O)(=O)c1ccc(F)cc1)c1ccc(OC)c(C)c1. The fraction of sp³-hybridized carbons (Fsp3) is 0.240. The van der Waals surface area contributed by atoms with Crippen LogP contribution in [0, 0.1) is 12.7 Å². The lowest BCUT2D eigenvalue weighted by molar-refractivity contribution is -0.120. The molecule has 1 amide bonds. The van der Waals surface area contributed by atoms with Gasteiger partial charge in [-0.3, -0.25) is 9.10 Å². The molecule has 0 aromatic heterocycles. The summed E-state index contributed by atoms with van der Waals surface area (Å²) in [5.41, 5.74) is 2.18. The average molecular weight is 471 g/mol. The van der Waals surface area contributed by atoms with Crippen molar-refractivity contribution in [3.63, 3.8) is 0 Å². The smallest absolute Gasteiger partial charge is 0.264 e. The Bertz CT molecular complexity index is 1200. The molecule has 33 heavy (non-hydrogen) atoms. The quantitative estimate of drug-likeness (QED) is 0.496. The monoisotopic (exact) mass is 470 g/mol. The number of carbonyl (C=O) groups excluding carboxylic acids is 1. The van der Waals surface area contributed by atoms with Crippen molar-refractivity contribution in [2.75, 3.05) is 18.0 Å². The summed E-state index contributed by atoms with van der Waals surface area (Å²) in [5, 5.41) is 2.93. The molecule has 0 fully saturated rings. The Morgan fingerprint density at radius 1 is 1.06 bits per heavy atom. The highest BCUT2D eigenvalue weighted by Gasteiger charge is 2.28. The van der Waals surface area contributed by atoms with E-state index in [-0.39, 0.29) is 10.9 Å². The number of nitrogens with one attached hydrogen (secondary N) is 1. The third-order valence-corrected chi connectivity index (χ3v) is 7.09. The third-order valence-electron chi connectivity index (χ3n) is 5.30. The fourth-order valence-corrected chi connectivity index (χ4v) is 4.97. The lowest BCUT2D eigenvalue weighted by Crippen LogP contribution is -2.42. The number of methoxy groups -OCH3 is 1. The van der Waals surface area contributed by atoms with Gasteiger partial charge in [-0.1, -0.05) is 37.3 Å². The highest BCUT2D eigenvalue weighted by Crippen LogP contribution is 2.26. The average Bonchev–Trinajstić information content (AvgIpc) is 2.81. The minimum absolute atomic E-state index is 0.0987. The van der Waals surface area contributed by atoms with Crippen LogP contribution in [-0.4, -0.2) is 28.0 Å². The molecule has 0 heterocycles. The van der Waals surface area contributed by atoms with Crippen LogP contribution in [0.4, 0.5) is 10.1 Å². The zero-order valence-corrected chi connectivity index (χ0v) is 19.6. The Hall–Kier alpha value is -3.39. The van der Waals surface area contributed by atoms with Crippen molar-refractivity contribution in [1.82, 2.24) is 5.32 Å². The van der Waals surface area contributed by atoms with Crippen LogP contribution >= 0.6 is 0 Å². The number of para-hydroxylation sites is 1. The molecule has 0 radical (unpaired) electrons. The van der Waals surface area contributed by atoms with E-state index in [0.717, 1.165) is 33.3 Å². The zero-order chi connectivity index (χ0) is 24.0. The molecule has 6 nitrogen and oxygen atoms in total. The minimum atomic E-state index is -4.10. The number of halogens is 1. The Morgan fingerprint density at radius 3 is 2.30 bits per heavy atom. The Labute approximate surface area is 194 Å². The Kier molecular flexibility index (Phi) is 7.71. The summed E-state index contributed by atoms with van der Waals surface area (Å²) < 4.78 is 46.3. The number of carbonyl (C=O) groups is 1. The van der Waals surface area contributed by atoms with Crippen LogP contribution in [0.15, 0.2) is 77.7 Å². The molecule has 1 N–H and O–H groups in total. The maximum Gasteiger partial charge on any atom is 0.264 e. The number of hydrogen-bond acceptors (Lipinski definition) is 4. The van der Waals surface area contributed by atoms with Crippen molar-refractivity contribution in [2.24, 2.45) is 0 Å². The van der Waals surface area contributed by atoms with Crippen molar-refractivity contribution < 1.29 is 22.3 Å². The van der Waals surface area contributed by atoms with Gasteiger partial charge in [0.05, 0.1) is 23.7 Å². The number of anilines is 1. The first-order chi connectivity index (χ1) is 15.8. The Morgan fingerprint density at radius 2 is 1.73 bits per heavy atom. The van der Waals surface area contributed by atoms with Gasteiger partial charge >= 0.3 is 0 Å². The molecule has 0 saturated carbocycles. The summed E-state index contributed by atoms with van der Waals surface area (Å²) in [4.78, 5) is 12.9. The van der Waals surface area contributed by atoms with Gasteiger partial charge in [0.1, 0.15) is 18.1 Å². The highest BCUT2D eigenvalue weighted by atomic mass is 32.2. The summed E-state index contributed by atoms with van der Waals surface area (Å²) in [7, 11) is -2.50. The molecule has 0 aliphatic rings. The normalized spacial score (nSPS) is 12.1. The molecule has 0 bridgehead atoms. The van der Waals surface area contributed by atoms with E-state index in [9.17, 15) is 17.6 Å². The van der Waals surface area contributed by atoms with Crippen LogP contribution in [0.25, 0.3) is 0 Å². The van der Waals surface area contributed by atoms with Gasteiger partial charge in [0.25, 0.3) is 10.0 Å². The molecule has 8 heteroatoms. The topological polar surface area (TPSA) is 75.7 Å². The predicted octanol–water partition coefficient (Wildman–Crippen LogP) is 4.61. The zero-order valence-electron chi connectivity index (χ0n) is 18.8. The van der Waals surface area contributed by atoms with Crippen molar-refractivity contribution >= 4 is 21.6 Å². The number of amides is 1. The van der Waals surface area contributed by atoms with Crippen LogP contribution in [0.2, 0.25) is 0 Å². The van der Waals surface area contributed by atoms with Crippen molar-refractivity contribution in [2.45, 2.75) is 31.2 Å². The fourth-order valence-electron chi connectivity index (χ4n) is 3.55. The van der Waals surface area contributed by atoms with Gasteiger partial charge in [-0.05, 0) is 66.9 Å². The van der Waals surface area contributed by atoms with Crippen molar-refractivity contribution in [3.05, 3.63) is 89.7 Å². The van der Waals surface area contributed by atoms with Crippen molar-refractivity contribution in [3.8, 4) is 5.75 Å². The molecule has 0 unspecified atom stereocenters. The molecule has 0 aliphatic carbocycles. The lowest BCUT2D eigenvalue weighted by atomic mass is 10.0. The van der Waals surface area contributed by atoms with Gasteiger partial charge < -0.3 is 10.1 Å². The number of nitrogens with zero attached hydrogens (tertiary/aromatic N) is 1. The molecule has 3 rings (SSSR count). The summed E-state index contributed by atoms with van der Waals surface area (Å²) in [6, 6.07) is 18.3. The molecule has 1 atom stereocenters. The van der Waals surface area contributed by atoms with E-state index < -0.39 is 28.3 Å². The van der Waals surface area contributed by atoms with E-state index in [2.05, 4.69) is 5.32 Å². The first-order valence-electron chi connectivity index (χ1n) is 10.5. The molecule has 0 saturated heterocycles. The molecule has 3 aromatic rings. The second-order valence-electron chi connectivity index (χ2n) is 7.56. The van der Waals surface area contributed by atoms with E-state index in [1.807, 2.05) is 32.0 Å². The lowest BCUT2D eigenvalue weighted by Gasteiger charge is -2.26. The van der Waals surface area contributed by atoms with Gasteiger partial charge in [-0.2, -0.15) is 0 Å². The van der Waals surface area contributed by atoms with Gasteiger partial charge in [0.15, 0.2) is 0 Å². The maximum atomic E-state index is 13.3. The summed E-state index contributed by atoms with van der Waals surface area (Å²) in [5.74, 6) is -0.246. The van der Waals surface area contributed by atoms with Gasteiger partial charge in [0.2, 0.25) is 5.91 Å². The van der Waals surface area contributed by atoms with Gasteiger partial charge in [-0.25, -0.2) is 12.8 Å². The summed E-state index contributed by atoms with van der Waals surface area (Å²) in [6.07, 6.45) is 0.619. The number of rotatable bonds is 9. The number of hydrogen-bond donors (Lipinski definition) is 1. The highest BCUT2D eigenvalue weighted by molar-refractivity contribution is 7.92. The maximum absolute atomic E-state index is 13.3. The van der Waals surface area contributed by atoms with Gasteiger partial charge in [0, 0.05) is 0 Å². The first-order valence-corrected chi connectivity index (χ1v) is 12.0. The predicted molar refractivity (Wildman–Crippen MR) is 126 cm³/mol. The van der Waals surface area contributed by atoms with Crippen LogP contribution in [-0.2, 0) is 14.8 Å². The first kappa shape index (κ1) is 24.3. The molecule has 0 spiro atoms. The molecule has 174 valence electrons. The van der Waals surface area contributed by atoms with E-state index in [4.69, 9.17) is 4.74 Å². The van der Waals surface area contributed by atoms with E-state index in [1.54, 1.807) is 37.4 Å². The third kappa shape index (κ3) is 5.70. The summed E-state index contributed by atoms with van der Waals surface area (Å²) in [6.45, 7) is 3.44. The van der Waals surface area contributed by atoms with E-state index in [1.165, 1.54) is 12.1 Å². The van der Waals surface area contributed by atoms with E-state index in [0.29, 0.717) is 12.1 Å². The standard InChI is InChI=1S/C25H27FN2O4S/c1-4-23(19-10-15-24(32-3)18(2)16-19)27-25(29)17-28(21-8-6-5-7-9-21)33(30,31)22-13-11-20(26)12-14-22/h5-16,23H,4,17H2,1-3H3,(H,27,29)/t23-/m1/s1. The number of aryl methyl sites for hydroxylation is 1. The second kappa shape index (κ2) is 10.5. The molecule has 0 aliphatic heterocycles. The van der Waals surface area contributed by atoms with Crippen LogP contribution in [0.5, 0.6) is 5.75 Å².